The first-order chi connectivity index (χ1) is 9.58. The first kappa shape index (κ1) is 15.5. The topological polar surface area (TPSA) is 42.0 Å². The first-order valence-corrected chi connectivity index (χ1v) is 9.01. The number of anilines is 1. The van der Waals surface area contributed by atoms with Gasteiger partial charge in [0, 0.05) is 22.0 Å². The smallest absolute Gasteiger partial charge is 0.238 e. The van der Waals surface area contributed by atoms with E-state index in [1.54, 1.807) is 0 Å². The molecule has 1 atom stereocenters. The fourth-order valence-corrected chi connectivity index (χ4v) is 2.95. The van der Waals surface area contributed by atoms with E-state index in [1.165, 1.54) is 28.7 Å². The molecule has 1 N–H and O–H groups in total. The van der Waals surface area contributed by atoms with Crippen LogP contribution in [0.2, 0.25) is 0 Å². The zero-order chi connectivity index (χ0) is 14.5. The van der Waals surface area contributed by atoms with Crippen molar-refractivity contribution in [1.29, 1.82) is 0 Å². The number of carbonyl (C=O) groups is 1. The minimum Gasteiger partial charge on any atom is -0.301 e. The van der Waals surface area contributed by atoms with Gasteiger partial charge in [0.15, 0.2) is 5.13 Å². The number of hydrogen-bond acceptors (Lipinski definition) is 4. The van der Waals surface area contributed by atoms with Gasteiger partial charge >= 0.3 is 0 Å². The Bertz CT molecular complexity index is 583. The summed E-state index contributed by atoms with van der Waals surface area (Å²) in [7, 11) is 0. The van der Waals surface area contributed by atoms with E-state index in [4.69, 9.17) is 0 Å². The Morgan fingerprint density at radius 1 is 1.45 bits per heavy atom. The highest BCUT2D eigenvalue weighted by molar-refractivity contribution is 9.10. The highest BCUT2D eigenvalue weighted by Crippen LogP contribution is 2.22. The SMILES string of the molecule is CSC(C)C(=O)Nc1ncc(Cc2ccc(Br)cc2)s1. The molecule has 0 aliphatic heterocycles. The van der Waals surface area contributed by atoms with Crippen LogP contribution in [0.1, 0.15) is 17.4 Å². The van der Waals surface area contributed by atoms with Crippen LogP contribution in [0.5, 0.6) is 0 Å². The monoisotopic (exact) mass is 370 g/mol. The number of nitrogens with zero attached hydrogens (tertiary/aromatic N) is 1. The summed E-state index contributed by atoms with van der Waals surface area (Å²) in [6.07, 6.45) is 4.58. The summed E-state index contributed by atoms with van der Waals surface area (Å²) < 4.78 is 1.07. The van der Waals surface area contributed by atoms with Crippen LogP contribution in [0, 0.1) is 0 Å². The Morgan fingerprint density at radius 3 is 2.80 bits per heavy atom. The van der Waals surface area contributed by atoms with Crippen molar-refractivity contribution in [3.8, 4) is 0 Å². The lowest BCUT2D eigenvalue weighted by Crippen LogP contribution is -2.21. The summed E-state index contributed by atoms with van der Waals surface area (Å²) in [6, 6.07) is 8.22. The quantitative estimate of drug-likeness (QED) is 0.857. The van der Waals surface area contributed by atoms with Gasteiger partial charge in [-0.05, 0) is 30.9 Å². The van der Waals surface area contributed by atoms with E-state index in [0.29, 0.717) is 5.13 Å². The van der Waals surface area contributed by atoms with Crippen LogP contribution in [0.25, 0.3) is 0 Å². The average Bonchev–Trinajstić information content (AvgIpc) is 2.87. The van der Waals surface area contributed by atoms with Crippen molar-refractivity contribution in [1.82, 2.24) is 4.98 Å². The van der Waals surface area contributed by atoms with Gasteiger partial charge in [0.1, 0.15) is 0 Å². The largest absolute Gasteiger partial charge is 0.301 e. The second kappa shape index (κ2) is 7.24. The van der Waals surface area contributed by atoms with Gasteiger partial charge in [-0.15, -0.1) is 11.3 Å². The summed E-state index contributed by atoms with van der Waals surface area (Å²) in [5.41, 5.74) is 1.23. The second-order valence-corrected chi connectivity index (χ2v) is 7.51. The third-order valence-corrected chi connectivity index (χ3v) is 5.16. The highest BCUT2D eigenvalue weighted by atomic mass is 79.9. The van der Waals surface area contributed by atoms with Gasteiger partial charge in [0.2, 0.25) is 5.91 Å². The van der Waals surface area contributed by atoms with Gasteiger partial charge in [0.25, 0.3) is 0 Å². The maximum atomic E-state index is 11.8. The van der Waals surface area contributed by atoms with Crippen molar-refractivity contribution in [2.24, 2.45) is 0 Å². The third kappa shape index (κ3) is 4.33. The number of thioether (sulfide) groups is 1. The average molecular weight is 371 g/mol. The number of hydrogen-bond donors (Lipinski definition) is 1. The molecular weight excluding hydrogens is 356 g/mol. The molecule has 1 amide bonds. The molecule has 1 aromatic heterocycles. The van der Waals surface area contributed by atoms with Crippen molar-refractivity contribution in [3.05, 3.63) is 45.4 Å². The number of aromatic nitrogens is 1. The van der Waals surface area contributed by atoms with Crippen LogP contribution in [-0.4, -0.2) is 22.4 Å². The molecule has 0 fully saturated rings. The maximum Gasteiger partial charge on any atom is 0.238 e. The first-order valence-electron chi connectivity index (χ1n) is 6.11. The summed E-state index contributed by atoms with van der Waals surface area (Å²) in [6.45, 7) is 1.89. The zero-order valence-corrected chi connectivity index (χ0v) is 14.4. The number of rotatable bonds is 5. The van der Waals surface area contributed by atoms with Gasteiger partial charge in [-0.2, -0.15) is 11.8 Å². The van der Waals surface area contributed by atoms with E-state index < -0.39 is 0 Å². The molecular formula is C14H15BrN2OS2. The van der Waals surface area contributed by atoms with E-state index >= 15 is 0 Å². The molecule has 1 unspecified atom stereocenters. The van der Waals surface area contributed by atoms with Gasteiger partial charge in [0.05, 0.1) is 5.25 Å². The Morgan fingerprint density at radius 2 is 2.15 bits per heavy atom. The minimum atomic E-state index is -0.0613. The number of benzene rings is 1. The zero-order valence-electron chi connectivity index (χ0n) is 11.2. The molecule has 2 rings (SSSR count). The molecule has 0 aliphatic carbocycles. The Kier molecular flexibility index (Phi) is 5.63. The molecule has 0 saturated carbocycles. The molecule has 0 spiro atoms. The normalized spacial score (nSPS) is 12.2. The fourth-order valence-electron chi connectivity index (χ4n) is 1.56. The van der Waals surface area contributed by atoms with Crippen LogP contribution >= 0.6 is 39.0 Å². The molecule has 0 aliphatic rings. The standard InChI is InChI=1S/C14H15BrN2OS2/c1-9(19-2)13(18)17-14-16-8-12(20-14)7-10-3-5-11(15)6-4-10/h3-6,8-9H,7H2,1-2H3,(H,16,17,18). The molecule has 0 bridgehead atoms. The predicted octanol–water partition coefficient (Wildman–Crippen LogP) is 4.19. The molecule has 2 aromatic rings. The lowest BCUT2D eigenvalue weighted by molar-refractivity contribution is -0.115. The Hall–Kier alpha value is -0.850. The fraction of sp³-hybridized carbons (Fsp3) is 0.286. The molecule has 6 heteroatoms. The summed E-state index contributed by atoms with van der Waals surface area (Å²) in [5.74, 6) is 0.00189. The lowest BCUT2D eigenvalue weighted by atomic mass is 10.1. The molecule has 106 valence electrons. The number of thiazole rings is 1. The minimum absolute atomic E-state index is 0.00189. The van der Waals surface area contributed by atoms with Crippen molar-refractivity contribution >= 4 is 50.1 Å². The number of halogens is 1. The predicted molar refractivity (Wildman–Crippen MR) is 90.7 cm³/mol. The summed E-state index contributed by atoms with van der Waals surface area (Å²) in [4.78, 5) is 17.2. The Labute approximate surface area is 135 Å². The number of nitrogens with one attached hydrogen (secondary N) is 1. The van der Waals surface area contributed by atoms with Gasteiger partial charge in [-0.1, -0.05) is 28.1 Å². The number of carbonyl (C=O) groups excluding carboxylic acids is 1. The number of amides is 1. The van der Waals surface area contributed by atoms with E-state index in [9.17, 15) is 4.79 Å². The van der Waals surface area contributed by atoms with Crippen molar-refractivity contribution < 1.29 is 4.79 Å². The Balaban J connectivity index is 1.98. The summed E-state index contributed by atoms with van der Waals surface area (Å²) in [5, 5.41) is 3.46. The van der Waals surface area contributed by atoms with Gasteiger partial charge in [-0.3, -0.25) is 4.79 Å². The van der Waals surface area contributed by atoms with Crippen LogP contribution in [0.15, 0.2) is 34.9 Å². The lowest BCUT2D eigenvalue weighted by Gasteiger charge is -2.06. The van der Waals surface area contributed by atoms with Gasteiger partial charge < -0.3 is 5.32 Å². The molecule has 1 aromatic carbocycles. The van der Waals surface area contributed by atoms with Crippen LogP contribution in [0.4, 0.5) is 5.13 Å². The molecule has 3 nitrogen and oxygen atoms in total. The molecule has 0 radical (unpaired) electrons. The highest BCUT2D eigenvalue weighted by Gasteiger charge is 2.13. The van der Waals surface area contributed by atoms with E-state index in [0.717, 1.165) is 15.8 Å². The van der Waals surface area contributed by atoms with Crippen molar-refractivity contribution in [3.63, 3.8) is 0 Å². The van der Waals surface area contributed by atoms with Crippen LogP contribution in [0.3, 0.4) is 0 Å². The van der Waals surface area contributed by atoms with E-state index in [-0.39, 0.29) is 11.2 Å². The van der Waals surface area contributed by atoms with E-state index in [2.05, 4.69) is 38.4 Å². The van der Waals surface area contributed by atoms with Crippen molar-refractivity contribution in [2.45, 2.75) is 18.6 Å². The van der Waals surface area contributed by atoms with Crippen molar-refractivity contribution in [2.75, 3.05) is 11.6 Å². The van der Waals surface area contributed by atoms with E-state index in [1.807, 2.05) is 31.5 Å². The third-order valence-electron chi connectivity index (χ3n) is 2.80. The molecule has 20 heavy (non-hydrogen) atoms. The van der Waals surface area contributed by atoms with Gasteiger partial charge in [-0.25, -0.2) is 4.98 Å². The van der Waals surface area contributed by atoms with Crippen LogP contribution < -0.4 is 5.32 Å². The van der Waals surface area contributed by atoms with Crippen LogP contribution in [-0.2, 0) is 11.2 Å². The molecule has 1 heterocycles. The molecule has 0 saturated heterocycles. The maximum absolute atomic E-state index is 11.8. The summed E-state index contributed by atoms with van der Waals surface area (Å²) >= 11 is 6.47. The second-order valence-electron chi connectivity index (χ2n) is 4.30.